The lowest BCUT2D eigenvalue weighted by Gasteiger charge is -2.11. The fourth-order valence-corrected chi connectivity index (χ4v) is 2.36. The summed E-state index contributed by atoms with van der Waals surface area (Å²) < 4.78 is 5.59. The van der Waals surface area contributed by atoms with E-state index in [2.05, 4.69) is 20.8 Å². The second-order valence-corrected chi connectivity index (χ2v) is 5.93. The summed E-state index contributed by atoms with van der Waals surface area (Å²) in [5.41, 5.74) is 6.78. The molecular formula is C19H17N5O4. The Morgan fingerprint density at radius 3 is 2.50 bits per heavy atom. The zero-order valence-electron chi connectivity index (χ0n) is 15.2. The van der Waals surface area contributed by atoms with Gasteiger partial charge in [0.25, 0.3) is 5.91 Å². The smallest absolute Gasteiger partial charge is 0.374 e. The van der Waals surface area contributed by atoms with E-state index in [1.54, 1.807) is 42.5 Å². The van der Waals surface area contributed by atoms with Crippen molar-refractivity contribution in [3.05, 3.63) is 81.7 Å². The largest absolute Gasteiger partial charge is 0.434 e. The van der Waals surface area contributed by atoms with Gasteiger partial charge >= 0.3 is 11.6 Å². The fraction of sp³-hybridized carbons (Fsp3) is 0.105. The molecule has 0 saturated heterocycles. The van der Waals surface area contributed by atoms with Crippen molar-refractivity contribution in [2.75, 3.05) is 5.43 Å². The van der Waals surface area contributed by atoms with E-state index in [9.17, 15) is 14.9 Å². The van der Waals surface area contributed by atoms with Crippen molar-refractivity contribution >= 4 is 17.4 Å². The highest BCUT2D eigenvalue weighted by atomic mass is 16.6. The normalized spacial score (nSPS) is 10.2. The molecule has 2 N–H and O–H groups in total. The summed E-state index contributed by atoms with van der Waals surface area (Å²) in [6.45, 7) is 3.85. The van der Waals surface area contributed by atoms with Crippen LogP contribution < -0.4 is 15.6 Å². The van der Waals surface area contributed by atoms with Crippen molar-refractivity contribution in [3.8, 4) is 11.6 Å². The molecular weight excluding hydrogens is 362 g/mol. The van der Waals surface area contributed by atoms with Gasteiger partial charge in [-0.3, -0.25) is 25.8 Å². The van der Waals surface area contributed by atoms with Crippen molar-refractivity contribution in [2.24, 2.45) is 0 Å². The zero-order chi connectivity index (χ0) is 20.1. The Bertz CT molecular complexity index is 1020. The Morgan fingerprint density at radius 2 is 1.82 bits per heavy atom. The second-order valence-electron chi connectivity index (χ2n) is 5.93. The van der Waals surface area contributed by atoms with Crippen LogP contribution in [0.3, 0.4) is 0 Å². The van der Waals surface area contributed by atoms with Crippen LogP contribution in [0.5, 0.6) is 11.6 Å². The molecule has 0 radical (unpaired) electrons. The Balaban J connectivity index is 1.84. The van der Waals surface area contributed by atoms with Crippen LogP contribution in [-0.2, 0) is 0 Å². The van der Waals surface area contributed by atoms with Crippen LogP contribution in [0.4, 0.5) is 11.5 Å². The van der Waals surface area contributed by atoms with Crippen LogP contribution >= 0.6 is 0 Å². The third-order valence-electron chi connectivity index (χ3n) is 3.99. The molecule has 1 aromatic heterocycles. The Labute approximate surface area is 160 Å². The van der Waals surface area contributed by atoms with E-state index in [1.807, 2.05) is 19.9 Å². The van der Waals surface area contributed by atoms with E-state index in [1.165, 1.54) is 0 Å². The molecule has 0 aliphatic carbocycles. The lowest BCUT2D eigenvalue weighted by molar-refractivity contribution is -0.385. The number of hydrogen-bond donors (Lipinski definition) is 2. The Morgan fingerprint density at radius 1 is 1.07 bits per heavy atom. The number of carbonyl (C=O) groups excluding carboxylic acids is 1. The van der Waals surface area contributed by atoms with Crippen LogP contribution in [0.1, 0.15) is 21.5 Å². The molecule has 0 aliphatic rings. The fourth-order valence-electron chi connectivity index (χ4n) is 2.36. The number of hydrogen-bond acceptors (Lipinski definition) is 7. The lowest BCUT2D eigenvalue weighted by Crippen LogP contribution is -2.30. The maximum atomic E-state index is 12.1. The molecule has 0 bridgehead atoms. The molecule has 3 rings (SSSR count). The first kappa shape index (κ1) is 18.8. The van der Waals surface area contributed by atoms with Crippen LogP contribution in [0, 0.1) is 24.0 Å². The second kappa shape index (κ2) is 8.12. The number of benzene rings is 2. The number of aryl methyl sites for hydroxylation is 2. The number of hydrazine groups is 1. The first-order valence-electron chi connectivity index (χ1n) is 8.31. The SMILES string of the molecule is Cc1ccc(Oc2ncnc(NNC(=O)c3ccccc3)c2[N+](=O)[O-])cc1C. The first-order chi connectivity index (χ1) is 13.5. The number of rotatable bonds is 6. The van der Waals surface area contributed by atoms with E-state index < -0.39 is 16.5 Å². The third kappa shape index (κ3) is 4.21. The lowest BCUT2D eigenvalue weighted by atomic mass is 10.1. The summed E-state index contributed by atoms with van der Waals surface area (Å²) in [6.07, 6.45) is 1.11. The van der Waals surface area contributed by atoms with Crippen LogP contribution in [0.25, 0.3) is 0 Å². The molecule has 142 valence electrons. The molecule has 28 heavy (non-hydrogen) atoms. The minimum Gasteiger partial charge on any atom is -0.434 e. The van der Waals surface area contributed by atoms with Crippen molar-refractivity contribution in [1.29, 1.82) is 0 Å². The van der Waals surface area contributed by atoms with E-state index in [4.69, 9.17) is 4.74 Å². The number of nitrogens with one attached hydrogen (secondary N) is 2. The summed E-state index contributed by atoms with van der Waals surface area (Å²) >= 11 is 0. The number of carbonyl (C=O) groups is 1. The first-order valence-corrected chi connectivity index (χ1v) is 8.31. The summed E-state index contributed by atoms with van der Waals surface area (Å²) in [6, 6.07) is 13.7. The van der Waals surface area contributed by atoms with Gasteiger partial charge in [-0.15, -0.1) is 0 Å². The van der Waals surface area contributed by atoms with Crippen LogP contribution in [0.15, 0.2) is 54.9 Å². The molecule has 3 aromatic rings. The van der Waals surface area contributed by atoms with Gasteiger partial charge in [0.2, 0.25) is 5.82 Å². The molecule has 0 aliphatic heterocycles. The molecule has 0 unspecified atom stereocenters. The highest BCUT2D eigenvalue weighted by Gasteiger charge is 2.25. The van der Waals surface area contributed by atoms with Gasteiger partial charge in [0.05, 0.1) is 4.92 Å². The number of anilines is 1. The molecule has 0 saturated carbocycles. The number of ether oxygens (including phenoxy) is 1. The third-order valence-corrected chi connectivity index (χ3v) is 3.99. The van der Waals surface area contributed by atoms with Crippen molar-refractivity contribution in [1.82, 2.24) is 15.4 Å². The number of nitrogens with zero attached hydrogens (tertiary/aromatic N) is 3. The minimum atomic E-state index is -0.673. The van der Waals surface area contributed by atoms with Crippen molar-refractivity contribution < 1.29 is 14.5 Å². The zero-order valence-corrected chi connectivity index (χ0v) is 15.2. The molecule has 1 heterocycles. The van der Waals surface area contributed by atoms with Gasteiger partial charge in [-0.05, 0) is 49.2 Å². The standard InChI is InChI=1S/C19H17N5O4/c1-12-8-9-15(10-13(12)2)28-19-16(24(26)27)17(20-11-21-19)22-23-18(25)14-6-4-3-5-7-14/h3-11H,1-2H3,(H,23,25)(H,20,21,22). The van der Waals surface area contributed by atoms with Gasteiger partial charge in [-0.25, -0.2) is 4.98 Å². The van der Waals surface area contributed by atoms with E-state index in [-0.39, 0.29) is 11.7 Å². The van der Waals surface area contributed by atoms with Crippen LogP contribution in [0.2, 0.25) is 0 Å². The topological polar surface area (TPSA) is 119 Å². The molecule has 2 aromatic carbocycles. The quantitative estimate of drug-likeness (QED) is 0.496. The van der Waals surface area contributed by atoms with Gasteiger partial charge in [-0.2, -0.15) is 4.98 Å². The predicted octanol–water partition coefficient (Wildman–Crippen LogP) is 3.55. The average Bonchev–Trinajstić information content (AvgIpc) is 2.69. The van der Waals surface area contributed by atoms with Crippen molar-refractivity contribution in [2.45, 2.75) is 13.8 Å². The summed E-state index contributed by atoms with van der Waals surface area (Å²) in [5, 5.41) is 11.6. The van der Waals surface area contributed by atoms with E-state index in [0.717, 1.165) is 17.5 Å². The monoisotopic (exact) mass is 379 g/mol. The van der Waals surface area contributed by atoms with Gasteiger partial charge in [0.1, 0.15) is 12.1 Å². The molecule has 0 spiro atoms. The summed E-state index contributed by atoms with van der Waals surface area (Å²) in [5.74, 6) is -0.489. The summed E-state index contributed by atoms with van der Waals surface area (Å²) in [4.78, 5) is 30.7. The summed E-state index contributed by atoms with van der Waals surface area (Å²) in [7, 11) is 0. The molecule has 0 fully saturated rings. The van der Waals surface area contributed by atoms with Gasteiger partial charge in [-0.1, -0.05) is 24.3 Å². The molecule has 9 heteroatoms. The van der Waals surface area contributed by atoms with Gasteiger partial charge in [0, 0.05) is 5.56 Å². The highest BCUT2D eigenvalue weighted by Crippen LogP contribution is 2.34. The molecule has 0 atom stereocenters. The van der Waals surface area contributed by atoms with Crippen molar-refractivity contribution in [3.63, 3.8) is 0 Å². The highest BCUT2D eigenvalue weighted by molar-refractivity contribution is 5.94. The van der Waals surface area contributed by atoms with E-state index >= 15 is 0 Å². The maximum absolute atomic E-state index is 12.1. The molecule has 9 nitrogen and oxygen atoms in total. The average molecular weight is 379 g/mol. The predicted molar refractivity (Wildman–Crippen MR) is 102 cm³/mol. The number of nitro groups is 1. The van der Waals surface area contributed by atoms with Crippen LogP contribution in [-0.4, -0.2) is 20.8 Å². The number of aromatic nitrogens is 2. The van der Waals surface area contributed by atoms with E-state index in [0.29, 0.717) is 11.3 Å². The minimum absolute atomic E-state index is 0.192. The number of amides is 1. The maximum Gasteiger partial charge on any atom is 0.374 e. The Kier molecular flexibility index (Phi) is 5.45. The molecule has 1 amide bonds. The Hall–Kier alpha value is -4.01. The van der Waals surface area contributed by atoms with Gasteiger partial charge in [0.15, 0.2) is 0 Å². The van der Waals surface area contributed by atoms with Gasteiger partial charge < -0.3 is 4.74 Å².